The van der Waals surface area contributed by atoms with E-state index in [2.05, 4.69) is 48.7 Å². The van der Waals surface area contributed by atoms with Crippen LogP contribution >= 0.6 is 12.2 Å². The number of aryl methyl sites for hydroxylation is 1. The summed E-state index contributed by atoms with van der Waals surface area (Å²) in [7, 11) is 0. The third-order valence-electron chi connectivity index (χ3n) is 3.85. The molecule has 0 saturated carbocycles. The van der Waals surface area contributed by atoms with E-state index >= 15 is 0 Å². The summed E-state index contributed by atoms with van der Waals surface area (Å²) in [6.07, 6.45) is 0.923. The summed E-state index contributed by atoms with van der Waals surface area (Å²) in [4.78, 5) is 11.7. The van der Waals surface area contributed by atoms with Gasteiger partial charge in [0, 0.05) is 5.69 Å². The summed E-state index contributed by atoms with van der Waals surface area (Å²) < 4.78 is 4.98. The van der Waals surface area contributed by atoms with Crippen molar-refractivity contribution in [2.45, 2.75) is 33.2 Å². The highest BCUT2D eigenvalue weighted by atomic mass is 32.1. The molecule has 0 aliphatic rings. The third kappa shape index (κ3) is 5.57. The lowest BCUT2D eigenvalue weighted by Gasteiger charge is -2.20. The zero-order valence-electron chi connectivity index (χ0n) is 14.8. The van der Waals surface area contributed by atoms with Crippen LogP contribution in [0.5, 0.6) is 0 Å². The number of rotatable bonds is 6. The molecule has 0 unspecified atom stereocenters. The molecule has 2 aromatic carbocycles. The molecule has 0 radical (unpaired) electrons. The van der Waals surface area contributed by atoms with Crippen molar-refractivity contribution in [1.82, 2.24) is 5.32 Å². The van der Waals surface area contributed by atoms with Crippen LogP contribution < -0.4 is 10.6 Å². The average molecular weight is 356 g/mol. The van der Waals surface area contributed by atoms with Crippen molar-refractivity contribution in [1.29, 1.82) is 0 Å². The average Bonchev–Trinajstić information content (AvgIpc) is 2.61. The van der Waals surface area contributed by atoms with Gasteiger partial charge in [-0.05, 0) is 62.3 Å². The summed E-state index contributed by atoms with van der Waals surface area (Å²) in [6, 6.07) is 15.7. The first kappa shape index (κ1) is 18.9. The number of esters is 1. The van der Waals surface area contributed by atoms with E-state index in [1.54, 1.807) is 19.1 Å². The summed E-state index contributed by atoms with van der Waals surface area (Å²) >= 11 is 5.42. The molecule has 5 heteroatoms. The van der Waals surface area contributed by atoms with Crippen LogP contribution in [0.2, 0.25) is 0 Å². The minimum Gasteiger partial charge on any atom is -0.462 e. The summed E-state index contributed by atoms with van der Waals surface area (Å²) in [5.41, 5.74) is 3.79. The highest BCUT2D eigenvalue weighted by Gasteiger charge is 2.11. The van der Waals surface area contributed by atoms with Crippen molar-refractivity contribution in [3.8, 4) is 0 Å². The monoisotopic (exact) mass is 356 g/mol. The van der Waals surface area contributed by atoms with Gasteiger partial charge in [0.05, 0.1) is 18.2 Å². The fourth-order valence-corrected chi connectivity index (χ4v) is 2.71. The van der Waals surface area contributed by atoms with E-state index in [4.69, 9.17) is 17.0 Å². The number of benzene rings is 2. The van der Waals surface area contributed by atoms with Crippen molar-refractivity contribution in [3.63, 3.8) is 0 Å². The topological polar surface area (TPSA) is 50.4 Å². The summed E-state index contributed by atoms with van der Waals surface area (Å²) in [5, 5.41) is 7.04. The molecule has 25 heavy (non-hydrogen) atoms. The molecule has 4 nitrogen and oxygen atoms in total. The molecule has 0 heterocycles. The van der Waals surface area contributed by atoms with Gasteiger partial charge in [-0.3, -0.25) is 0 Å². The molecule has 2 N–H and O–H groups in total. The van der Waals surface area contributed by atoms with Gasteiger partial charge < -0.3 is 15.4 Å². The molecule has 0 fully saturated rings. The first-order valence-electron chi connectivity index (χ1n) is 8.44. The lowest BCUT2D eigenvalue weighted by molar-refractivity contribution is 0.0526. The van der Waals surface area contributed by atoms with E-state index in [0.29, 0.717) is 17.3 Å². The highest BCUT2D eigenvalue weighted by Crippen LogP contribution is 2.18. The van der Waals surface area contributed by atoms with Crippen LogP contribution in [0.4, 0.5) is 5.69 Å². The molecule has 1 atom stereocenters. The lowest BCUT2D eigenvalue weighted by Crippen LogP contribution is -2.32. The highest BCUT2D eigenvalue weighted by molar-refractivity contribution is 7.80. The number of thiocarbonyl (C=S) groups is 1. The van der Waals surface area contributed by atoms with Crippen molar-refractivity contribution in [3.05, 3.63) is 65.2 Å². The Morgan fingerprint density at radius 3 is 2.28 bits per heavy atom. The first-order valence-corrected chi connectivity index (χ1v) is 8.85. The minimum atomic E-state index is -0.319. The van der Waals surface area contributed by atoms with Gasteiger partial charge in [-0.15, -0.1) is 0 Å². The van der Waals surface area contributed by atoms with E-state index in [9.17, 15) is 4.79 Å². The van der Waals surface area contributed by atoms with E-state index in [0.717, 1.165) is 12.1 Å². The van der Waals surface area contributed by atoms with Gasteiger partial charge in [-0.1, -0.05) is 36.8 Å². The van der Waals surface area contributed by atoms with Gasteiger partial charge in [0.1, 0.15) is 0 Å². The Kier molecular flexibility index (Phi) is 6.95. The van der Waals surface area contributed by atoms with E-state index < -0.39 is 0 Å². The van der Waals surface area contributed by atoms with Crippen LogP contribution in [0.25, 0.3) is 0 Å². The number of nitrogens with one attached hydrogen (secondary N) is 2. The number of carbonyl (C=O) groups excluding carboxylic acids is 1. The van der Waals surface area contributed by atoms with Crippen LogP contribution in [0, 0.1) is 6.92 Å². The Balaban J connectivity index is 1.96. The van der Waals surface area contributed by atoms with Gasteiger partial charge in [0.25, 0.3) is 0 Å². The Morgan fingerprint density at radius 1 is 1.08 bits per heavy atom. The maximum Gasteiger partial charge on any atom is 0.338 e. The number of hydrogen-bond acceptors (Lipinski definition) is 3. The zero-order valence-corrected chi connectivity index (χ0v) is 15.7. The summed E-state index contributed by atoms with van der Waals surface area (Å²) in [6.45, 7) is 6.35. The molecule has 0 aliphatic heterocycles. The molecule has 0 bridgehead atoms. The van der Waals surface area contributed by atoms with Gasteiger partial charge in [-0.25, -0.2) is 4.79 Å². The van der Waals surface area contributed by atoms with Crippen molar-refractivity contribution in [2.24, 2.45) is 0 Å². The van der Waals surface area contributed by atoms with Crippen LogP contribution in [0.3, 0.4) is 0 Å². The Morgan fingerprint density at radius 2 is 1.72 bits per heavy atom. The molecule has 0 aliphatic carbocycles. The van der Waals surface area contributed by atoms with E-state index in [1.807, 2.05) is 12.1 Å². The van der Waals surface area contributed by atoms with Crippen LogP contribution in [-0.4, -0.2) is 17.7 Å². The fraction of sp³-hybridized carbons (Fsp3) is 0.300. The molecule has 0 aromatic heterocycles. The molecule has 132 valence electrons. The second kappa shape index (κ2) is 9.18. The van der Waals surface area contributed by atoms with Gasteiger partial charge in [0.2, 0.25) is 0 Å². The second-order valence-electron chi connectivity index (χ2n) is 5.77. The Labute approximate surface area is 154 Å². The second-order valence-corrected chi connectivity index (χ2v) is 6.18. The third-order valence-corrected chi connectivity index (χ3v) is 4.07. The van der Waals surface area contributed by atoms with Crippen molar-refractivity contribution < 1.29 is 9.53 Å². The molecular formula is C20H24N2O2S. The molecule has 2 aromatic rings. The van der Waals surface area contributed by atoms with E-state index in [-0.39, 0.29) is 12.0 Å². The van der Waals surface area contributed by atoms with Crippen molar-refractivity contribution >= 4 is 29.0 Å². The van der Waals surface area contributed by atoms with Crippen LogP contribution in [0.1, 0.15) is 47.8 Å². The lowest BCUT2D eigenvalue weighted by atomic mass is 10.0. The maximum atomic E-state index is 11.7. The normalized spacial score (nSPS) is 11.5. The minimum absolute atomic E-state index is 0.152. The standard InChI is InChI=1S/C20H24N2O2S/c1-4-18(15-8-6-14(3)7-9-15)22-20(25)21-17-12-10-16(11-13-17)19(23)24-5-2/h6-13,18H,4-5H2,1-3H3,(H2,21,22,25)/t18-/m1/s1. The van der Waals surface area contributed by atoms with Gasteiger partial charge in [0.15, 0.2) is 5.11 Å². The first-order chi connectivity index (χ1) is 12.0. The van der Waals surface area contributed by atoms with Crippen LogP contribution in [0.15, 0.2) is 48.5 Å². The quantitative estimate of drug-likeness (QED) is 0.585. The van der Waals surface area contributed by atoms with Gasteiger partial charge in [-0.2, -0.15) is 0 Å². The van der Waals surface area contributed by atoms with Gasteiger partial charge >= 0.3 is 5.97 Å². The van der Waals surface area contributed by atoms with Crippen molar-refractivity contribution in [2.75, 3.05) is 11.9 Å². The molecule has 2 rings (SSSR count). The number of carbonyl (C=O) groups is 1. The Bertz CT molecular complexity index is 711. The smallest absolute Gasteiger partial charge is 0.338 e. The largest absolute Gasteiger partial charge is 0.462 e. The number of ether oxygens (including phenoxy) is 1. The predicted molar refractivity (Wildman–Crippen MR) is 106 cm³/mol. The molecule has 0 saturated heterocycles. The number of anilines is 1. The summed E-state index contributed by atoms with van der Waals surface area (Å²) in [5.74, 6) is -0.319. The maximum absolute atomic E-state index is 11.7. The SMILES string of the molecule is CCOC(=O)c1ccc(NC(=S)N[C@H](CC)c2ccc(C)cc2)cc1. The molecule has 0 spiro atoms. The fourth-order valence-electron chi connectivity index (χ4n) is 2.45. The van der Waals surface area contributed by atoms with E-state index in [1.165, 1.54) is 11.1 Å². The molecule has 0 amide bonds. The molecular weight excluding hydrogens is 332 g/mol. The zero-order chi connectivity index (χ0) is 18.2. The predicted octanol–water partition coefficient (Wildman–Crippen LogP) is 4.61. The number of hydrogen-bond donors (Lipinski definition) is 2. The Hall–Kier alpha value is -2.40. The van der Waals surface area contributed by atoms with Crippen LogP contribution in [-0.2, 0) is 4.74 Å².